The molecule has 0 unspecified atom stereocenters. The molecule has 1 aliphatic heterocycles. The quantitative estimate of drug-likeness (QED) is 0.415. The summed E-state index contributed by atoms with van der Waals surface area (Å²) in [6, 6.07) is 20.4. The van der Waals surface area contributed by atoms with Gasteiger partial charge in [0.2, 0.25) is 10.0 Å². The molecule has 3 aromatic rings. The number of quaternary nitrogens is 1. The Morgan fingerprint density at radius 3 is 2.11 bits per heavy atom. The minimum absolute atomic E-state index is 0.106. The second-order valence-corrected chi connectivity index (χ2v) is 11.4. The Balaban J connectivity index is 1.23. The lowest BCUT2D eigenvalue weighted by molar-refractivity contribution is -0.906. The van der Waals surface area contributed by atoms with E-state index in [0.29, 0.717) is 59.5 Å². The number of ether oxygens (including phenoxy) is 1. The molecule has 1 saturated heterocycles. The maximum atomic E-state index is 12.9. The van der Waals surface area contributed by atoms with Gasteiger partial charge in [0.25, 0.3) is 0 Å². The van der Waals surface area contributed by atoms with Crippen LogP contribution in [0.2, 0.25) is 5.02 Å². The molecule has 0 radical (unpaired) electrons. The van der Waals surface area contributed by atoms with Crippen molar-refractivity contribution in [2.24, 2.45) is 0 Å². The van der Waals surface area contributed by atoms with Crippen LogP contribution in [0.5, 0.6) is 5.75 Å². The van der Waals surface area contributed by atoms with Crippen molar-refractivity contribution in [1.82, 2.24) is 4.31 Å². The molecule has 1 fully saturated rings. The fraction of sp³-hybridized carbons (Fsp3) is 0.296. The second kappa shape index (κ2) is 11.5. The number of hydrogen-bond acceptors (Lipinski definition) is 5. The average molecular weight is 530 g/mol. The Morgan fingerprint density at radius 1 is 0.972 bits per heavy atom. The van der Waals surface area contributed by atoms with E-state index < -0.39 is 16.1 Å². The predicted molar refractivity (Wildman–Crippen MR) is 138 cm³/mol. The number of benzene rings is 3. The number of halogens is 1. The van der Waals surface area contributed by atoms with Gasteiger partial charge >= 0.3 is 0 Å². The van der Waals surface area contributed by atoms with Gasteiger partial charge in [0, 0.05) is 16.1 Å². The number of hydrogen-bond donors (Lipinski definition) is 2. The first-order valence-electron chi connectivity index (χ1n) is 11.8. The Bertz CT molecular complexity index is 1270. The summed E-state index contributed by atoms with van der Waals surface area (Å²) in [4.78, 5) is 14.0. The highest BCUT2D eigenvalue weighted by Crippen LogP contribution is 2.18. The molecule has 0 aliphatic carbocycles. The molecule has 3 aromatic carbocycles. The molecule has 190 valence electrons. The number of nitrogens with one attached hydrogen (secondary N) is 1. The summed E-state index contributed by atoms with van der Waals surface area (Å²) in [6.07, 6.45) is -0.698. The number of carbonyl (C=O) groups excluding carboxylic acids is 1. The van der Waals surface area contributed by atoms with Gasteiger partial charge in [0.15, 0.2) is 5.78 Å². The first kappa shape index (κ1) is 26.3. The number of aliphatic hydroxyl groups is 1. The van der Waals surface area contributed by atoms with E-state index in [0.717, 1.165) is 10.5 Å². The van der Waals surface area contributed by atoms with Gasteiger partial charge in [-0.15, -0.1) is 0 Å². The van der Waals surface area contributed by atoms with Crippen LogP contribution in [-0.2, 0) is 10.0 Å². The van der Waals surface area contributed by atoms with E-state index in [4.69, 9.17) is 16.3 Å². The molecule has 0 spiro atoms. The highest BCUT2D eigenvalue weighted by Gasteiger charge is 2.31. The SMILES string of the molecule is Cc1ccc(S(=O)(=O)N2CC[NH+](C[C@H](O)COc3ccc(C(=O)c4ccc(Cl)cc4)cc3)CC2)cc1. The normalized spacial score (nSPS) is 16.0. The molecular formula is C27H30ClN2O5S+. The molecule has 0 saturated carbocycles. The molecule has 1 aliphatic rings. The van der Waals surface area contributed by atoms with Crippen molar-refractivity contribution >= 4 is 27.4 Å². The number of aliphatic hydroxyl groups excluding tert-OH is 1. The third-order valence-corrected chi connectivity index (χ3v) is 8.44. The van der Waals surface area contributed by atoms with Gasteiger partial charge in [-0.2, -0.15) is 4.31 Å². The van der Waals surface area contributed by atoms with Crippen LogP contribution >= 0.6 is 11.6 Å². The van der Waals surface area contributed by atoms with Crippen LogP contribution in [0.4, 0.5) is 0 Å². The highest BCUT2D eigenvalue weighted by molar-refractivity contribution is 7.89. The van der Waals surface area contributed by atoms with E-state index in [1.165, 1.54) is 4.31 Å². The standard InChI is InChI=1S/C27H29ClN2O5S/c1-20-2-12-26(13-3-20)36(33,34)30-16-14-29(15-17-30)18-24(31)19-35-25-10-6-22(7-11-25)27(32)21-4-8-23(28)9-5-21/h2-13,24,31H,14-19H2,1H3/p+1/t24-/m0/s1. The molecule has 36 heavy (non-hydrogen) atoms. The van der Waals surface area contributed by atoms with Crippen LogP contribution in [0.1, 0.15) is 21.5 Å². The zero-order valence-electron chi connectivity index (χ0n) is 20.1. The van der Waals surface area contributed by atoms with Gasteiger partial charge in [0.1, 0.15) is 25.0 Å². The summed E-state index contributed by atoms with van der Waals surface area (Å²) in [5.74, 6) is 0.455. The molecule has 1 atom stereocenters. The van der Waals surface area contributed by atoms with Crippen LogP contribution in [0.15, 0.2) is 77.7 Å². The molecule has 4 rings (SSSR count). The molecule has 9 heteroatoms. The van der Waals surface area contributed by atoms with Crippen molar-refractivity contribution in [2.75, 3.05) is 39.3 Å². The van der Waals surface area contributed by atoms with Crippen LogP contribution in [0.3, 0.4) is 0 Å². The molecule has 2 N–H and O–H groups in total. The number of rotatable bonds is 9. The largest absolute Gasteiger partial charge is 0.491 e. The van der Waals surface area contributed by atoms with E-state index in [2.05, 4.69) is 0 Å². The minimum Gasteiger partial charge on any atom is -0.491 e. The van der Waals surface area contributed by atoms with Gasteiger partial charge in [-0.05, 0) is 67.6 Å². The lowest BCUT2D eigenvalue weighted by Gasteiger charge is -2.32. The maximum absolute atomic E-state index is 12.9. The third-order valence-electron chi connectivity index (χ3n) is 6.28. The van der Waals surface area contributed by atoms with Gasteiger partial charge in [-0.3, -0.25) is 4.79 Å². The monoisotopic (exact) mass is 529 g/mol. The molecule has 0 amide bonds. The van der Waals surface area contributed by atoms with Crippen molar-refractivity contribution in [3.05, 3.63) is 94.5 Å². The summed E-state index contributed by atoms with van der Waals surface area (Å²) in [7, 11) is -3.50. The number of ketones is 1. The van der Waals surface area contributed by atoms with Crippen molar-refractivity contribution < 1.29 is 28.0 Å². The van der Waals surface area contributed by atoms with Crippen LogP contribution in [-0.4, -0.2) is 69.0 Å². The lowest BCUT2D eigenvalue weighted by atomic mass is 10.0. The smallest absolute Gasteiger partial charge is 0.243 e. The topological polar surface area (TPSA) is 88.3 Å². The summed E-state index contributed by atoms with van der Waals surface area (Å²) >= 11 is 5.88. The summed E-state index contributed by atoms with van der Waals surface area (Å²) < 4.78 is 33.0. The first-order valence-corrected chi connectivity index (χ1v) is 13.7. The highest BCUT2D eigenvalue weighted by atomic mass is 35.5. The zero-order valence-corrected chi connectivity index (χ0v) is 21.6. The number of sulfonamides is 1. The first-order chi connectivity index (χ1) is 17.2. The molecule has 0 aromatic heterocycles. The number of carbonyl (C=O) groups is 1. The van der Waals surface area contributed by atoms with E-state index in [-0.39, 0.29) is 12.4 Å². The Hall–Kier alpha value is -2.75. The fourth-order valence-electron chi connectivity index (χ4n) is 4.16. The lowest BCUT2D eigenvalue weighted by Crippen LogP contribution is -3.15. The van der Waals surface area contributed by atoms with Gasteiger partial charge in [-0.25, -0.2) is 8.42 Å². The van der Waals surface area contributed by atoms with Crippen LogP contribution in [0, 0.1) is 6.92 Å². The van der Waals surface area contributed by atoms with E-state index in [1.54, 1.807) is 72.8 Å². The molecule has 7 nitrogen and oxygen atoms in total. The van der Waals surface area contributed by atoms with Crippen LogP contribution in [0.25, 0.3) is 0 Å². The van der Waals surface area contributed by atoms with E-state index in [9.17, 15) is 18.3 Å². The number of nitrogens with zero attached hydrogens (tertiary/aromatic N) is 1. The Morgan fingerprint density at radius 2 is 1.53 bits per heavy atom. The van der Waals surface area contributed by atoms with Crippen molar-refractivity contribution in [3.63, 3.8) is 0 Å². The number of piperazine rings is 1. The van der Waals surface area contributed by atoms with Crippen LogP contribution < -0.4 is 9.64 Å². The molecule has 0 bridgehead atoms. The Kier molecular flexibility index (Phi) is 8.43. The Labute approximate surface area is 216 Å². The van der Waals surface area contributed by atoms with Gasteiger partial charge in [0.05, 0.1) is 31.1 Å². The van der Waals surface area contributed by atoms with E-state index >= 15 is 0 Å². The fourth-order valence-corrected chi connectivity index (χ4v) is 5.73. The third kappa shape index (κ3) is 6.52. The number of aryl methyl sites for hydroxylation is 1. The molecule has 1 heterocycles. The predicted octanol–water partition coefficient (Wildman–Crippen LogP) is 2.21. The van der Waals surface area contributed by atoms with Crippen molar-refractivity contribution in [1.29, 1.82) is 0 Å². The zero-order chi connectivity index (χ0) is 25.7. The molecular weight excluding hydrogens is 500 g/mol. The summed E-state index contributed by atoms with van der Waals surface area (Å²) in [6.45, 7) is 4.54. The van der Waals surface area contributed by atoms with Gasteiger partial charge < -0.3 is 14.7 Å². The van der Waals surface area contributed by atoms with Crippen molar-refractivity contribution in [2.45, 2.75) is 17.9 Å². The summed E-state index contributed by atoms with van der Waals surface area (Å²) in [5, 5.41) is 11.0. The summed E-state index contributed by atoms with van der Waals surface area (Å²) in [5.41, 5.74) is 2.10. The van der Waals surface area contributed by atoms with Gasteiger partial charge in [-0.1, -0.05) is 29.3 Å². The average Bonchev–Trinajstić information content (AvgIpc) is 2.88. The van der Waals surface area contributed by atoms with Crippen molar-refractivity contribution in [3.8, 4) is 5.75 Å². The maximum Gasteiger partial charge on any atom is 0.243 e. The van der Waals surface area contributed by atoms with E-state index in [1.807, 2.05) is 6.92 Å². The minimum atomic E-state index is -3.50. The second-order valence-electron chi connectivity index (χ2n) is 9.00.